The van der Waals surface area contributed by atoms with Gasteiger partial charge in [0.15, 0.2) is 4.34 Å². The van der Waals surface area contributed by atoms with Gasteiger partial charge in [-0.3, -0.25) is 9.00 Å². The number of carbonyl (C=O) groups is 1. The van der Waals surface area contributed by atoms with Crippen LogP contribution in [0, 0.1) is 5.92 Å². The highest BCUT2D eigenvalue weighted by Crippen LogP contribution is 2.16. The summed E-state index contributed by atoms with van der Waals surface area (Å²) in [6, 6.07) is 0. The van der Waals surface area contributed by atoms with Gasteiger partial charge in [0.25, 0.3) is 5.91 Å². The summed E-state index contributed by atoms with van der Waals surface area (Å²) in [5.74, 6) is 1.13. The van der Waals surface area contributed by atoms with Crippen molar-refractivity contribution in [2.24, 2.45) is 5.92 Å². The zero-order valence-corrected chi connectivity index (χ0v) is 13.4. The van der Waals surface area contributed by atoms with Gasteiger partial charge in [0, 0.05) is 12.3 Å². The first-order valence-corrected chi connectivity index (χ1v) is 8.80. The lowest BCUT2D eigenvalue weighted by Gasteiger charge is -2.05. The number of unbranched alkanes of at least 4 members (excludes halogenated alkanes) is 1. The molecule has 0 radical (unpaired) electrons. The van der Waals surface area contributed by atoms with Crippen molar-refractivity contribution < 1.29 is 9.00 Å². The van der Waals surface area contributed by atoms with Crippen molar-refractivity contribution in [1.82, 2.24) is 10.3 Å². The van der Waals surface area contributed by atoms with Crippen LogP contribution in [0.25, 0.3) is 0 Å². The fourth-order valence-corrected chi connectivity index (χ4v) is 3.53. The maximum Gasteiger partial charge on any atom is 0.263 e. The first-order chi connectivity index (χ1) is 9.04. The molecule has 0 saturated heterocycles. The Morgan fingerprint density at radius 3 is 2.84 bits per heavy atom. The van der Waals surface area contributed by atoms with Gasteiger partial charge in [-0.1, -0.05) is 33.6 Å². The molecule has 1 amide bonds. The minimum atomic E-state index is -1.07. The van der Waals surface area contributed by atoms with Crippen LogP contribution in [0.3, 0.4) is 0 Å². The lowest BCUT2D eigenvalue weighted by molar-refractivity contribution is 0.0956. The van der Waals surface area contributed by atoms with Crippen LogP contribution in [0.2, 0.25) is 0 Å². The fraction of sp³-hybridized carbons (Fsp3) is 0.692. The molecule has 0 saturated carbocycles. The maximum atomic E-state index is 11.8. The Morgan fingerprint density at radius 1 is 1.47 bits per heavy atom. The molecule has 108 valence electrons. The molecule has 4 nitrogen and oxygen atoms in total. The average Bonchev–Trinajstić information content (AvgIpc) is 2.86. The summed E-state index contributed by atoms with van der Waals surface area (Å²) in [6.45, 7) is 6.93. The van der Waals surface area contributed by atoms with Crippen LogP contribution in [-0.2, 0) is 10.8 Å². The normalized spacial score (nSPS) is 12.6. The van der Waals surface area contributed by atoms with E-state index >= 15 is 0 Å². The predicted octanol–water partition coefficient (Wildman–Crippen LogP) is 2.83. The number of nitrogens with zero attached hydrogens (tertiary/aromatic N) is 1. The van der Waals surface area contributed by atoms with E-state index in [1.165, 1.54) is 24.0 Å². The van der Waals surface area contributed by atoms with Gasteiger partial charge >= 0.3 is 0 Å². The Labute approximate surface area is 121 Å². The topological polar surface area (TPSA) is 59.1 Å². The largest absolute Gasteiger partial charge is 0.351 e. The Hall–Kier alpha value is -0.750. The Kier molecular flexibility index (Phi) is 7.23. The van der Waals surface area contributed by atoms with Gasteiger partial charge in [-0.15, -0.1) is 11.3 Å². The summed E-state index contributed by atoms with van der Waals surface area (Å²) in [5, 5.41) is 2.88. The number of carbonyl (C=O) groups excluding carboxylic acids is 1. The molecule has 0 aliphatic rings. The standard InChI is InChI=1S/C13H22N2O2S2/c1-4-19(17)13-15-9-11(18-13)12(16)14-8-6-5-7-10(2)3/h9-10H,4-8H2,1-3H3,(H,14,16). The van der Waals surface area contributed by atoms with E-state index in [0.717, 1.165) is 12.8 Å². The SMILES string of the molecule is CCS(=O)c1ncc(C(=O)NCCCCC(C)C)s1. The highest BCUT2D eigenvalue weighted by molar-refractivity contribution is 7.87. The van der Waals surface area contributed by atoms with Gasteiger partial charge in [-0.25, -0.2) is 4.98 Å². The van der Waals surface area contributed by atoms with E-state index in [0.29, 0.717) is 27.4 Å². The number of aromatic nitrogens is 1. The molecule has 19 heavy (non-hydrogen) atoms. The smallest absolute Gasteiger partial charge is 0.263 e. The molecule has 0 aromatic carbocycles. The molecular formula is C13H22N2O2S2. The molecule has 1 atom stereocenters. The second-order valence-corrected chi connectivity index (χ2v) is 7.71. The minimum absolute atomic E-state index is 0.110. The third-order valence-electron chi connectivity index (χ3n) is 2.66. The summed E-state index contributed by atoms with van der Waals surface area (Å²) >= 11 is 1.22. The van der Waals surface area contributed by atoms with E-state index < -0.39 is 10.8 Å². The van der Waals surface area contributed by atoms with Gasteiger partial charge in [-0.2, -0.15) is 0 Å². The quantitative estimate of drug-likeness (QED) is 0.751. The van der Waals surface area contributed by atoms with Crippen LogP contribution in [0.4, 0.5) is 0 Å². The van der Waals surface area contributed by atoms with E-state index in [-0.39, 0.29) is 5.91 Å². The van der Waals surface area contributed by atoms with E-state index in [1.54, 1.807) is 0 Å². The number of rotatable bonds is 8. The Balaban J connectivity index is 2.33. The first-order valence-electron chi connectivity index (χ1n) is 6.67. The van der Waals surface area contributed by atoms with Crippen LogP contribution in [0.1, 0.15) is 49.7 Å². The highest BCUT2D eigenvalue weighted by atomic mass is 32.2. The molecule has 1 unspecified atom stereocenters. The molecule has 0 spiro atoms. The number of nitrogens with one attached hydrogen (secondary N) is 1. The summed E-state index contributed by atoms with van der Waals surface area (Å²) in [6.07, 6.45) is 4.83. The molecule has 6 heteroatoms. The second-order valence-electron chi connectivity index (χ2n) is 4.77. The fourth-order valence-electron chi connectivity index (χ4n) is 1.56. The van der Waals surface area contributed by atoms with Crippen molar-refractivity contribution in [3.05, 3.63) is 11.1 Å². The van der Waals surface area contributed by atoms with Gasteiger partial charge in [0.1, 0.15) is 4.88 Å². The monoisotopic (exact) mass is 302 g/mol. The molecule has 1 aromatic rings. The molecule has 1 aromatic heterocycles. The third kappa shape index (κ3) is 5.82. The zero-order chi connectivity index (χ0) is 14.3. The first kappa shape index (κ1) is 16.3. The van der Waals surface area contributed by atoms with Crippen LogP contribution in [0.15, 0.2) is 10.5 Å². The van der Waals surface area contributed by atoms with Crippen molar-refractivity contribution in [1.29, 1.82) is 0 Å². The lowest BCUT2D eigenvalue weighted by Crippen LogP contribution is -2.23. The van der Waals surface area contributed by atoms with Crippen molar-refractivity contribution in [2.75, 3.05) is 12.3 Å². The molecule has 0 aliphatic heterocycles. The summed E-state index contributed by atoms with van der Waals surface area (Å²) in [4.78, 5) is 16.4. The molecule has 1 heterocycles. The van der Waals surface area contributed by atoms with Crippen LogP contribution < -0.4 is 5.32 Å². The van der Waals surface area contributed by atoms with Gasteiger partial charge in [0.2, 0.25) is 0 Å². The second kappa shape index (κ2) is 8.43. The third-order valence-corrected chi connectivity index (χ3v) is 5.28. The maximum absolute atomic E-state index is 11.8. The van der Waals surface area contributed by atoms with Crippen molar-refractivity contribution >= 4 is 28.0 Å². The molecule has 0 bridgehead atoms. The Bertz CT molecular complexity index is 430. The van der Waals surface area contributed by atoms with E-state index in [1.807, 2.05) is 6.92 Å². The zero-order valence-electron chi connectivity index (χ0n) is 11.8. The molecule has 1 rings (SSSR count). The molecular weight excluding hydrogens is 280 g/mol. The summed E-state index contributed by atoms with van der Waals surface area (Å²) in [7, 11) is -1.07. The summed E-state index contributed by atoms with van der Waals surface area (Å²) < 4.78 is 12.1. The predicted molar refractivity (Wildman–Crippen MR) is 80.1 cm³/mol. The van der Waals surface area contributed by atoms with E-state index in [4.69, 9.17) is 0 Å². The van der Waals surface area contributed by atoms with Gasteiger partial charge in [-0.05, 0) is 12.3 Å². The van der Waals surface area contributed by atoms with E-state index in [9.17, 15) is 9.00 Å². The van der Waals surface area contributed by atoms with Gasteiger partial charge < -0.3 is 5.32 Å². The Morgan fingerprint density at radius 2 is 2.21 bits per heavy atom. The molecule has 0 aliphatic carbocycles. The van der Waals surface area contributed by atoms with Crippen LogP contribution in [0.5, 0.6) is 0 Å². The average molecular weight is 302 g/mol. The van der Waals surface area contributed by atoms with Crippen molar-refractivity contribution in [3.8, 4) is 0 Å². The van der Waals surface area contributed by atoms with E-state index in [2.05, 4.69) is 24.1 Å². The van der Waals surface area contributed by atoms with Crippen molar-refractivity contribution in [2.45, 2.75) is 44.4 Å². The van der Waals surface area contributed by atoms with Crippen molar-refractivity contribution in [3.63, 3.8) is 0 Å². The number of thiazole rings is 1. The number of hydrogen-bond donors (Lipinski definition) is 1. The van der Waals surface area contributed by atoms with Gasteiger partial charge in [0.05, 0.1) is 17.0 Å². The highest BCUT2D eigenvalue weighted by Gasteiger charge is 2.12. The van der Waals surface area contributed by atoms with Crippen LogP contribution >= 0.6 is 11.3 Å². The minimum Gasteiger partial charge on any atom is -0.351 e. The number of amides is 1. The lowest BCUT2D eigenvalue weighted by atomic mass is 10.1. The molecule has 0 fully saturated rings. The molecule has 1 N–H and O–H groups in total. The summed E-state index contributed by atoms with van der Waals surface area (Å²) in [5.41, 5.74) is 0. The number of hydrogen-bond acceptors (Lipinski definition) is 4. The van der Waals surface area contributed by atoms with Crippen LogP contribution in [-0.4, -0.2) is 27.4 Å².